The monoisotopic (exact) mass is 549 g/mol. The molecule has 38 heavy (non-hydrogen) atoms. The Morgan fingerprint density at radius 2 is 2.05 bits per heavy atom. The van der Waals surface area contributed by atoms with E-state index in [4.69, 9.17) is 13.4 Å². The van der Waals surface area contributed by atoms with E-state index in [-0.39, 0.29) is 47.0 Å². The number of sulfonamides is 1. The van der Waals surface area contributed by atoms with Crippen molar-refractivity contribution in [2.75, 3.05) is 44.1 Å². The van der Waals surface area contributed by atoms with Gasteiger partial charge in [0.2, 0.25) is 21.7 Å². The lowest BCUT2D eigenvalue weighted by Crippen LogP contribution is -2.37. The number of nitrogens with one attached hydrogen (secondary N) is 3. The molecule has 1 fully saturated rings. The minimum atomic E-state index is -3.41. The Morgan fingerprint density at radius 3 is 2.79 bits per heavy atom. The molecular formula is C22H26N8O7S. The van der Waals surface area contributed by atoms with E-state index < -0.39 is 34.7 Å². The first-order valence-corrected chi connectivity index (χ1v) is 12.8. The zero-order valence-electron chi connectivity index (χ0n) is 23.3. The molecule has 1 aromatic carbocycles. The van der Waals surface area contributed by atoms with E-state index in [0.717, 1.165) is 13.5 Å². The number of nitrogens with zero attached hydrogens (tertiary/aromatic N) is 5. The van der Waals surface area contributed by atoms with Crippen molar-refractivity contribution in [1.82, 2.24) is 30.0 Å². The summed E-state index contributed by atoms with van der Waals surface area (Å²) in [5, 5.41) is 18.6. The van der Waals surface area contributed by atoms with Crippen LogP contribution >= 0.6 is 0 Å². The Morgan fingerprint density at radius 1 is 1.21 bits per heavy atom. The molecule has 3 aromatic rings. The first kappa shape index (κ1) is 22.9. The van der Waals surface area contributed by atoms with E-state index in [1.54, 1.807) is 18.2 Å². The molecule has 0 aliphatic carbocycles. The second-order valence-electron chi connectivity index (χ2n) is 7.94. The third-order valence-corrected chi connectivity index (χ3v) is 7.40. The molecule has 0 bridgehead atoms. The molecule has 15 nitrogen and oxygen atoms in total. The molecule has 3 N–H and O–H groups in total. The molecule has 0 unspecified atom stereocenters. The number of hydrogen-bond donors (Lipinski definition) is 3. The van der Waals surface area contributed by atoms with Crippen molar-refractivity contribution in [1.29, 1.82) is 0 Å². The van der Waals surface area contributed by atoms with E-state index in [0.29, 0.717) is 18.5 Å². The predicted octanol–water partition coefficient (Wildman–Crippen LogP) is 1.74. The van der Waals surface area contributed by atoms with Crippen LogP contribution in [0.5, 0.6) is 5.75 Å². The van der Waals surface area contributed by atoms with Gasteiger partial charge in [-0.15, -0.1) is 10.2 Å². The Bertz CT molecular complexity index is 1550. The quantitative estimate of drug-likeness (QED) is 0.369. The van der Waals surface area contributed by atoms with Crippen LogP contribution in [0.2, 0.25) is 0 Å². The van der Waals surface area contributed by atoms with Gasteiger partial charge in [-0.2, -0.15) is 9.29 Å². The maximum absolute atomic E-state index is 12.7. The number of hydrogen-bond acceptors (Lipinski definition) is 12. The topological polar surface area (TPSA) is 191 Å². The number of amides is 2. The van der Waals surface area contributed by atoms with E-state index >= 15 is 0 Å². The predicted molar refractivity (Wildman–Crippen MR) is 134 cm³/mol. The standard InChI is InChI=1S/C22H26N8O7S/c1-23-21(31)18-15(11-16(27-28-18)25-22(32)36-3)24-14-8-6-7-13(19(14)35-2)20-26-17(37-29-20)12-30-9-4-5-10-38(30,33)34/h6-8,11H,4-5,9-10,12H2,1-3H3,(H,23,31)(H2,24,25,27,32)/i1D3. The fourth-order valence-corrected chi connectivity index (χ4v) is 5.25. The van der Waals surface area contributed by atoms with Crippen LogP contribution in [-0.4, -0.2) is 78.6 Å². The minimum absolute atomic E-state index is 0.0345. The van der Waals surface area contributed by atoms with Crippen LogP contribution in [0.25, 0.3) is 11.4 Å². The van der Waals surface area contributed by atoms with Crippen LogP contribution in [0.1, 0.15) is 33.3 Å². The summed E-state index contributed by atoms with van der Waals surface area (Å²) >= 11 is 0. The lowest BCUT2D eigenvalue weighted by Gasteiger charge is -2.24. The number of carbonyl (C=O) groups is 2. The van der Waals surface area contributed by atoms with Crippen molar-refractivity contribution >= 4 is 39.2 Å². The summed E-state index contributed by atoms with van der Waals surface area (Å²) in [6.07, 6.45) is 0.474. The fourth-order valence-electron chi connectivity index (χ4n) is 3.70. The minimum Gasteiger partial charge on any atom is -0.494 e. The van der Waals surface area contributed by atoms with Gasteiger partial charge in [-0.1, -0.05) is 11.2 Å². The average molecular weight is 550 g/mol. The highest BCUT2D eigenvalue weighted by Crippen LogP contribution is 2.37. The summed E-state index contributed by atoms with van der Waals surface area (Å²) in [4.78, 5) is 28.7. The van der Waals surface area contributed by atoms with Crippen molar-refractivity contribution in [2.24, 2.45) is 0 Å². The molecule has 1 aliphatic rings. The summed E-state index contributed by atoms with van der Waals surface area (Å²) < 4.78 is 63.4. The van der Waals surface area contributed by atoms with Gasteiger partial charge < -0.3 is 24.6 Å². The van der Waals surface area contributed by atoms with Gasteiger partial charge in [-0.25, -0.2) is 13.2 Å². The Labute approximate surface area is 222 Å². The summed E-state index contributed by atoms with van der Waals surface area (Å²) in [5.74, 6) is -0.706. The molecule has 1 aliphatic heterocycles. The summed E-state index contributed by atoms with van der Waals surface area (Å²) in [5.41, 5.74) is 0.202. The van der Waals surface area contributed by atoms with Gasteiger partial charge in [0.05, 0.1) is 43.5 Å². The third kappa shape index (κ3) is 5.81. The molecule has 1 saturated heterocycles. The molecule has 202 valence electrons. The smallest absolute Gasteiger partial charge is 0.412 e. The number of ether oxygens (including phenoxy) is 2. The number of rotatable bonds is 8. The summed E-state index contributed by atoms with van der Waals surface area (Å²) in [6, 6.07) is 6.09. The molecule has 16 heteroatoms. The second-order valence-corrected chi connectivity index (χ2v) is 10.0. The van der Waals surface area contributed by atoms with Gasteiger partial charge in [-0.3, -0.25) is 10.1 Å². The highest BCUT2D eigenvalue weighted by atomic mass is 32.2. The number of anilines is 3. The summed E-state index contributed by atoms with van der Waals surface area (Å²) in [6.45, 7) is -2.52. The zero-order chi connectivity index (χ0) is 29.8. The number of methoxy groups -OCH3 is 2. The van der Waals surface area contributed by atoms with Gasteiger partial charge in [0.25, 0.3) is 5.91 Å². The molecule has 0 saturated carbocycles. The lowest BCUT2D eigenvalue weighted by molar-refractivity contribution is 0.0958. The van der Waals surface area contributed by atoms with Crippen molar-refractivity contribution in [2.45, 2.75) is 19.4 Å². The molecule has 2 aromatic heterocycles. The highest BCUT2D eigenvalue weighted by molar-refractivity contribution is 7.89. The van der Waals surface area contributed by atoms with E-state index in [2.05, 4.69) is 35.7 Å². The zero-order valence-corrected chi connectivity index (χ0v) is 21.2. The van der Waals surface area contributed by atoms with Crippen LogP contribution < -0.4 is 20.7 Å². The van der Waals surface area contributed by atoms with Crippen LogP contribution in [0.15, 0.2) is 28.8 Å². The summed E-state index contributed by atoms with van der Waals surface area (Å²) in [7, 11) is -0.887. The normalized spacial score (nSPS) is 16.4. The number of aromatic nitrogens is 4. The van der Waals surface area contributed by atoms with Gasteiger partial charge in [0, 0.05) is 23.7 Å². The van der Waals surface area contributed by atoms with Crippen molar-refractivity contribution in [3.63, 3.8) is 0 Å². The SMILES string of the molecule is [2H]C([2H])([2H])NC(=O)c1nnc(NC(=O)OC)cc1Nc1cccc(-c2noc(CN3CCCCS3(=O)=O)n2)c1OC. The lowest BCUT2D eigenvalue weighted by atomic mass is 10.1. The van der Waals surface area contributed by atoms with Crippen molar-refractivity contribution in [3.05, 3.63) is 35.9 Å². The molecule has 0 atom stereocenters. The molecule has 0 spiro atoms. The van der Waals surface area contributed by atoms with E-state index in [9.17, 15) is 18.0 Å². The Kier molecular flexibility index (Phi) is 6.85. The van der Waals surface area contributed by atoms with E-state index in [1.807, 2.05) is 5.32 Å². The first-order chi connectivity index (χ1) is 19.4. The molecule has 0 radical (unpaired) electrons. The van der Waals surface area contributed by atoms with Crippen LogP contribution in [-0.2, 0) is 21.3 Å². The average Bonchev–Trinajstić information content (AvgIpc) is 3.37. The number of carbonyl (C=O) groups excluding carboxylic acids is 2. The number of para-hydroxylation sites is 1. The third-order valence-electron chi connectivity index (χ3n) is 5.50. The number of benzene rings is 1. The Hall–Kier alpha value is -4.31. The molecule has 2 amide bonds. The maximum Gasteiger partial charge on any atom is 0.412 e. The van der Waals surface area contributed by atoms with Crippen LogP contribution in [0, 0.1) is 0 Å². The van der Waals surface area contributed by atoms with Crippen molar-refractivity contribution in [3.8, 4) is 17.1 Å². The largest absolute Gasteiger partial charge is 0.494 e. The molecular weight excluding hydrogens is 520 g/mol. The van der Waals surface area contributed by atoms with Gasteiger partial charge in [0.15, 0.2) is 17.3 Å². The first-order valence-electron chi connectivity index (χ1n) is 12.7. The molecule has 3 heterocycles. The van der Waals surface area contributed by atoms with E-state index in [1.165, 1.54) is 17.5 Å². The van der Waals surface area contributed by atoms with Crippen molar-refractivity contribution < 1.29 is 36.1 Å². The van der Waals surface area contributed by atoms with Crippen LogP contribution in [0.4, 0.5) is 22.0 Å². The van der Waals surface area contributed by atoms with Gasteiger partial charge in [-0.05, 0) is 25.0 Å². The Balaban J connectivity index is 1.67. The van der Waals surface area contributed by atoms with Crippen LogP contribution in [0.3, 0.4) is 0 Å². The second kappa shape index (κ2) is 11.4. The fraction of sp³-hybridized carbons (Fsp3) is 0.364. The molecule has 4 rings (SSSR count). The highest BCUT2D eigenvalue weighted by Gasteiger charge is 2.28. The van der Waals surface area contributed by atoms with Gasteiger partial charge in [0.1, 0.15) is 0 Å². The maximum atomic E-state index is 12.7. The van der Waals surface area contributed by atoms with Gasteiger partial charge >= 0.3 is 6.09 Å².